The summed E-state index contributed by atoms with van der Waals surface area (Å²) in [4.78, 5) is 25.1. The first-order valence-electron chi connectivity index (χ1n) is 8.98. The normalized spacial score (nSPS) is 12.6. The summed E-state index contributed by atoms with van der Waals surface area (Å²) in [6, 6.07) is 20.6. The minimum absolute atomic E-state index is 0.140. The van der Waals surface area contributed by atoms with Gasteiger partial charge in [-0.3, -0.25) is 4.79 Å². The standard InChI is InChI=1S/C24H16O3/c25-23(17-12-16-4-1-2-6-18(16)21(13-17)24(26)27)20-11-10-15-9-8-14-5-3-7-19(20)22(14)15/h1-7,10-13H,8-9H2,(H,26,27). The van der Waals surface area contributed by atoms with Gasteiger partial charge in [-0.2, -0.15) is 0 Å². The molecule has 5 rings (SSSR count). The van der Waals surface area contributed by atoms with Crippen LogP contribution in [-0.4, -0.2) is 16.9 Å². The summed E-state index contributed by atoms with van der Waals surface area (Å²) >= 11 is 0. The van der Waals surface area contributed by atoms with Crippen molar-refractivity contribution in [2.24, 2.45) is 0 Å². The average molecular weight is 352 g/mol. The van der Waals surface area contributed by atoms with Gasteiger partial charge >= 0.3 is 5.97 Å². The molecule has 4 aromatic carbocycles. The highest BCUT2D eigenvalue weighted by molar-refractivity contribution is 6.19. The van der Waals surface area contributed by atoms with Gasteiger partial charge in [0.15, 0.2) is 5.78 Å². The first-order chi connectivity index (χ1) is 13.1. The number of carbonyl (C=O) groups excluding carboxylic acids is 1. The molecule has 0 amide bonds. The second-order valence-corrected chi connectivity index (χ2v) is 6.99. The lowest BCUT2D eigenvalue weighted by Crippen LogP contribution is -2.06. The Hall–Kier alpha value is -3.46. The number of ketones is 1. The van der Waals surface area contributed by atoms with E-state index in [-0.39, 0.29) is 11.3 Å². The van der Waals surface area contributed by atoms with Crippen LogP contribution < -0.4 is 0 Å². The fourth-order valence-electron chi connectivity index (χ4n) is 4.22. The molecule has 27 heavy (non-hydrogen) atoms. The summed E-state index contributed by atoms with van der Waals surface area (Å²) in [5, 5.41) is 13.1. The van der Waals surface area contributed by atoms with Crippen LogP contribution >= 0.6 is 0 Å². The SMILES string of the molecule is O=C(O)c1cc(C(=O)c2ccc3c4c(cccc24)CC3)cc2ccccc12. The smallest absolute Gasteiger partial charge is 0.336 e. The van der Waals surface area contributed by atoms with Crippen LogP contribution in [0.25, 0.3) is 21.5 Å². The van der Waals surface area contributed by atoms with Crippen LogP contribution in [0.5, 0.6) is 0 Å². The molecule has 0 fully saturated rings. The monoisotopic (exact) mass is 352 g/mol. The average Bonchev–Trinajstić information content (AvgIpc) is 3.12. The zero-order chi connectivity index (χ0) is 18.5. The van der Waals surface area contributed by atoms with Gasteiger partial charge in [-0.15, -0.1) is 0 Å². The van der Waals surface area contributed by atoms with Crippen molar-refractivity contribution in [3.8, 4) is 0 Å². The van der Waals surface area contributed by atoms with E-state index in [1.54, 1.807) is 18.2 Å². The van der Waals surface area contributed by atoms with Crippen molar-refractivity contribution < 1.29 is 14.7 Å². The number of hydrogen-bond acceptors (Lipinski definition) is 2. The van der Waals surface area contributed by atoms with E-state index in [0.29, 0.717) is 16.5 Å². The third kappa shape index (κ3) is 2.36. The first kappa shape index (κ1) is 15.8. The molecule has 0 saturated heterocycles. The molecule has 4 aromatic rings. The molecule has 1 N–H and O–H groups in total. The highest BCUT2D eigenvalue weighted by Gasteiger charge is 2.21. The van der Waals surface area contributed by atoms with E-state index in [4.69, 9.17) is 0 Å². The van der Waals surface area contributed by atoms with Crippen LogP contribution in [0.1, 0.15) is 37.4 Å². The summed E-state index contributed by atoms with van der Waals surface area (Å²) in [6.07, 6.45) is 2.01. The molecule has 3 heteroatoms. The number of carboxylic acids is 1. The van der Waals surface area contributed by atoms with Crippen molar-refractivity contribution >= 4 is 33.3 Å². The quantitative estimate of drug-likeness (QED) is 0.527. The molecule has 0 atom stereocenters. The van der Waals surface area contributed by atoms with Gasteiger partial charge in [0.2, 0.25) is 0 Å². The van der Waals surface area contributed by atoms with Crippen molar-refractivity contribution in [2.45, 2.75) is 12.8 Å². The molecule has 1 aliphatic carbocycles. The van der Waals surface area contributed by atoms with Crippen LogP contribution in [0, 0.1) is 0 Å². The topological polar surface area (TPSA) is 54.4 Å². The summed E-state index contributed by atoms with van der Waals surface area (Å²) in [7, 11) is 0. The predicted molar refractivity (Wildman–Crippen MR) is 106 cm³/mol. The van der Waals surface area contributed by atoms with Crippen molar-refractivity contribution in [3.63, 3.8) is 0 Å². The Balaban J connectivity index is 1.74. The maximum atomic E-state index is 13.3. The molecule has 0 aromatic heterocycles. The summed E-state index contributed by atoms with van der Waals surface area (Å²) < 4.78 is 0. The van der Waals surface area contributed by atoms with Crippen molar-refractivity contribution in [3.05, 3.63) is 94.5 Å². The molecule has 0 saturated carbocycles. The molecule has 130 valence electrons. The lowest BCUT2D eigenvalue weighted by atomic mass is 9.92. The number of hydrogen-bond donors (Lipinski definition) is 1. The van der Waals surface area contributed by atoms with Gasteiger partial charge in [-0.25, -0.2) is 4.79 Å². The Morgan fingerprint density at radius 2 is 1.48 bits per heavy atom. The number of fused-ring (bicyclic) bond motifs is 1. The molecular weight excluding hydrogens is 336 g/mol. The molecule has 0 unspecified atom stereocenters. The third-order valence-corrected chi connectivity index (χ3v) is 5.48. The second-order valence-electron chi connectivity index (χ2n) is 6.99. The van der Waals surface area contributed by atoms with E-state index in [2.05, 4.69) is 6.07 Å². The molecule has 1 aliphatic rings. The Morgan fingerprint density at radius 3 is 2.30 bits per heavy atom. The second kappa shape index (κ2) is 5.78. The molecule has 0 aliphatic heterocycles. The largest absolute Gasteiger partial charge is 0.478 e. The van der Waals surface area contributed by atoms with E-state index in [1.165, 1.54) is 22.6 Å². The first-order valence-corrected chi connectivity index (χ1v) is 8.98. The van der Waals surface area contributed by atoms with E-state index < -0.39 is 5.97 Å². The summed E-state index contributed by atoms with van der Waals surface area (Å²) in [6.45, 7) is 0. The van der Waals surface area contributed by atoms with E-state index in [1.807, 2.05) is 36.4 Å². The summed E-state index contributed by atoms with van der Waals surface area (Å²) in [5.74, 6) is -1.17. The minimum Gasteiger partial charge on any atom is -0.478 e. The third-order valence-electron chi connectivity index (χ3n) is 5.48. The maximum Gasteiger partial charge on any atom is 0.336 e. The van der Waals surface area contributed by atoms with Gasteiger partial charge < -0.3 is 5.11 Å². The predicted octanol–water partition coefficient (Wildman–Crippen LogP) is 5.02. The van der Waals surface area contributed by atoms with E-state index in [0.717, 1.165) is 23.6 Å². The van der Waals surface area contributed by atoms with Gasteiger partial charge in [0, 0.05) is 11.1 Å². The maximum absolute atomic E-state index is 13.3. The van der Waals surface area contributed by atoms with E-state index in [9.17, 15) is 14.7 Å². The van der Waals surface area contributed by atoms with Crippen molar-refractivity contribution in [1.82, 2.24) is 0 Å². The number of rotatable bonds is 3. The molecule has 0 radical (unpaired) electrons. The highest BCUT2D eigenvalue weighted by atomic mass is 16.4. The molecule has 3 nitrogen and oxygen atoms in total. The molecule has 0 spiro atoms. The molecule has 0 bridgehead atoms. The summed E-state index contributed by atoms with van der Waals surface area (Å²) in [5.41, 5.74) is 3.75. The highest BCUT2D eigenvalue weighted by Crippen LogP contribution is 2.34. The number of carboxylic acid groups (broad SMARTS) is 1. The van der Waals surface area contributed by atoms with Crippen LogP contribution in [0.3, 0.4) is 0 Å². The van der Waals surface area contributed by atoms with Crippen LogP contribution in [0.2, 0.25) is 0 Å². The van der Waals surface area contributed by atoms with Crippen LogP contribution in [0.4, 0.5) is 0 Å². The zero-order valence-electron chi connectivity index (χ0n) is 14.5. The van der Waals surface area contributed by atoms with Crippen LogP contribution in [0.15, 0.2) is 66.7 Å². The Bertz CT molecular complexity index is 1260. The van der Waals surface area contributed by atoms with Gasteiger partial charge in [0.25, 0.3) is 0 Å². The number of aryl methyl sites for hydroxylation is 2. The minimum atomic E-state index is -1.03. The zero-order valence-corrected chi connectivity index (χ0v) is 14.5. The number of benzene rings is 4. The Kier molecular flexibility index (Phi) is 3.37. The number of aromatic carboxylic acids is 1. The van der Waals surface area contributed by atoms with Gasteiger partial charge in [0.1, 0.15) is 0 Å². The van der Waals surface area contributed by atoms with Gasteiger partial charge in [0.05, 0.1) is 5.56 Å². The van der Waals surface area contributed by atoms with Crippen molar-refractivity contribution in [1.29, 1.82) is 0 Å². The number of carbonyl (C=O) groups is 2. The Morgan fingerprint density at radius 1 is 0.741 bits per heavy atom. The van der Waals surface area contributed by atoms with Gasteiger partial charge in [-0.05, 0) is 57.6 Å². The van der Waals surface area contributed by atoms with Crippen molar-refractivity contribution in [2.75, 3.05) is 0 Å². The fraction of sp³-hybridized carbons (Fsp3) is 0.0833. The van der Waals surface area contributed by atoms with Gasteiger partial charge in [-0.1, -0.05) is 54.6 Å². The van der Waals surface area contributed by atoms with Crippen LogP contribution in [-0.2, 0) is 12.8 Å². The van der Waals surface area contributed by atoms with E-state index >= 15 is 0 Å². The lowest BCUT2D eigenvalue weighted by Gasteiger charge is -2.10. The molecule has 0 heterocycles. The fourth-order valence-corrected chi connectivity index (χ4v) is 4.22. The molecular formula is C24H16O3. The lowest BCUT2D eigenvalue weighted by molar-refractivity contribution is 0.0699. The Labute approximate surface area is 155 Å².